The van der Waals surface area contributed by atoms with Crippen LogP contribution < -0.4 is 0 Å². The average Bonchev–Trinajstić information content (AvgIpc) is 2.68. The number of nitro groups is 1. The molecule has 1 aromatic carbocycles. The fraction of sp³-hybridized carbons (Fsp3) is 0.727. The summed E-state index contributed by atoms with van der Waals surface area (Å²) in [5, 5.41) is 11.0. The molecule has 0 aliphatic carbocycles. The molecule has 0 saturated heterocycles. The third-order valence-corrected chi connectivity index (χ3v) is 4.82. The van der Waals surface area contributed by atoms with E-state index in [9.17, 15) is 10.1 Å². The van der Waals surface area contributed by atoms with Gasteiger partial charge in [0.25, 0.3) is 11.7 Å². The minimum atomic E-state index is -1.17. The van der Waals surface area contributed by atoms with Gasteiger partial charge >= 0.3 is 0 Å². The lowest BCUT2D eigenvalue weighted by atomic mass is 9.90. The van der Waals surface area contributed by atoms with Crippen molar-refractivity contribution in [2.24, 2.45) is 0 Å². The molecule has 160 valence electrons. The Morgan fingerprint density at radius 3 is 1.82 bits per heavy atom. The summed E-state index contributed by atoms with van der Waals surface area (Å²) in [6.07, 6.45) is 7.98. The molecule has 0 saturated carbocycles. The molecule has 0 fully saturated rings. The van der Waals surface area contributed by atoms with Crippen LogP contribution in [0.3, 0.4) is 0 Å². The summed E-state index contributed by atoms with van der Waals surface area (Å²) >= 11 is 0. The van der Waals surface area contributed by atoms with E-state index in [1.54, 1.807) is 12.1 Å². The molecular weight excluding hydrogens is 358 g/mol. The maximum Gasteiger partial charge on any atom is 0.290 e. The van der Waals surface area contributed by atoms with Gasteiger partial charge in [0.2, 0.25) is 0 Å². The van der Waals surface area contributed by atoms with Crippen LogP contribution >= 0.6 is 0 Å². The van der Waals surface area contributed by atoms with E-state index < -0.39 is 5.97 Å². The molecule has 0 aliphatic heterocycles. The first kappa shape index (κ1) is 24.5. The van der Waals surface area contributed by atoms with E-state index in [1.165, 1.54) is 37.8 Å². The van der Waals surface area contributed by atoms with Crippen molar-refractivity contribution in [3.8, 4) is 0 Å². The number of hydrogen-bond donors (Lipinski definition) is 0. The van der Waals surface area contributed by atoms with Gasteiger partial charge in [0.1, 0.15) is 0 Å². The van der Waals surface area contributed by atoms with Crippen LogP contribution in [0, 0.1) is 10.1 Å². The van der Waals surface area contributed by atoms with Gasteiger partial charge in [-0.1, -0.05) is 57.6 Å². The van der Waals surface area contributed by atoms with Gasteiger partial charge in [0, 0.05) is 32.0 Å². The zero-order valence-corrected chi connectivity index (χ0v) is 17.9. The lowest BCUT2D eigenvalue weighted by Crippen LogP contribution is -2.45. The maximum absolute atomic E-state index is 11.0. The van der Waals surface area contributed by atoms with Crippen molar-refractivity contribution >= 4 is 5.69 Å². The van der Waals surface area contributed by atoms with Crippen molar-refractivity contribution in [3.63, 3.8) is 0 Å². The zero-order valence-electron chi connectivity index (χ0n) is 17.9. The zero-order chi connectivity index (χ0) is 20.8. The third kappa shape index (κ3) is 7.49. The molecule has 0 bridgehead atoms. The largest absolute Gasteiger partial charge is 0.327 e. The fourth-order valence-corrected chi connectivity index (χ4v) is 3.54. The first-order valence-electron chi connectivity index (χ1n) is 10.7. The molecule has 0 amide bonds. The lowest BCUT2D eigenvalue weighted by Gasteiger charge is -2.39. The molecule has 1 unspecified atom stereocenters. The Hall–Kier alpha value is -1.50. The van der Waals surface area contributed by atoms with Gasteiger partial charge in [-0.3, -0.25) is 10.1 Å². The minimum absolute atomic E-state index is 0.0805. The summed E-state index contributed by atoms with van der Waals surface area (Å²) < 4.78 is 18.1. The lowest BCUT2D eigenvalue weighted by molar-refractivity contribution is -0.389. The maximum atomic E-state index is 11.0. The predicted octanol–water partition coefficient (Wildman–Crippen LogP) is 6.19. The smallest absolute Gasteiger partial charge is 0.290 e. The van der Waals surface area contributed by atoms with E-state index in [4.69, 9.17) is 14.2 Å². The van der Waals surface area contributed by atoms with E-state index in [0.717, 1.165) is 24.8 Å². The topological polar surface area (TPSA) is 70.8 Å². The van der Waals surface area contributed by atoms with Crippen molar-refractivity contribution in [3.05, 3.63) is 39.9 Å². The first-order chi connectivity index (χ1) is 13.5. The van der Waals surface area contributed by atoms with Gasteiger partial charge in [-0.05, 0) is 32.8 Å². The molecule has 1 rings (SSSR count). The van der Waals surface area contributed by atoms with Gasteiger partial charge in [-0.2, -0.15) is 0 Å². The highest BCUT2D eigenvalue weighted by molar-refractivity contribution is 5.35. The van der Waals surface area contributed by atoms with Crippen LogP contribution in [0.1, 0.15) is 84.1 Å². The Bertz CT molecular complexity index is 529. The van der Waals surface area contributed by atoms with E-state index in [0.29, 0.717) is 19.8 Å². The van der Waals surface area contributed by atoms with E-state index in [1.807, 2.05) is 20.8 Å². The Labute approximate surface area is 169 Å². The van der Waals surface area contributed by atoms with Gasteiger partial charge in [-0.25, -0.2) is 0 Å². The van der Waals surface area contributed by atoms with E-state index >= 15 is 0 Å². The van der Waals surface area contributed by atoms with Crippen molar-refractivity contribution in [1.29, 1.82) is 0 Å². The van der Waals surface area contributed by atoms with Crippen LogP contribution in [0.5, 0.6) is 0 Å². The number of non-ortho nitro benzene ring substituents is 1. The van der Waals surface area contributed by atoms with Crippen LogP contribution in [0.2, 0.25) is 0 Å². The number of nitro benzene ring substituents is 1. The molecule has 6 nitrogen and oxygen atoms in total. The number of ether oxygens (including phenoxy) is 3. The number of nitrogens with zero attached hydrogens (tertiary/aromatic N) is 1. The highest BCUT2D eigenvalue weighted by Gasteiger charge is 2.43. The predicted molar refractivity (Wildman–Crippen MR) is 111 cm³/mol. The van der Waals surface area contributed by atoms with Crippen LogP contribution in [-0.4, -0.2) is 30.7 Å². The molecule has 0 aromatic heterocycles. The highest BCUT2D eigenvalue weighted by Crippen LogP contribution is 2.39. The highest BCUT2D eigenvalue weighted by atomic mass is 16.9. The Morgan fingerprint density at radius 1 is 0.857 bits per heavy atom. The summed E-state index contributed by atoms with van der Waals surface area (Å²) in [4.78, 5) is 10.6. The molecular formula is C22H37NO5. The summed E-state index contributed by atoms with van der Waals surface area (Å²) in [6, 6.07) is 6.67. The van der Waals surface area contributed by atoms with Crippen molar-refractivity contribution in [2.75, 3.05) is 19.8 Å². The van der Waals surface area contributed by atoms with Crippen LogP contribution in [0.15, 0.2) is 24.3 Å². The van der Waals surface area contributed by atoms with E-state index in [2.05, 4.69) is 6.92 Å². The van der Waals surface area contributed by atoms with E-state index in [-0.39, 0.29) is 16.5 Å². The van der Waals surface area contributed by atoms with Crippen molar-refractivity contribution in [2.45, 2.75) is 84.5 Å². The normalized spacial score (nSPS) is 12.9. The van der Waals surface area contributed by atoms with Gasteiger partial charge < -0.3 is 14.2 Å². The number of rotatable bonds is 16. The van der Waals surface area contributed by atoms with Crippen molar-refractivity contribution in [1.82, 2.24) is 0 Å². The SMILES string of the molecule is CCCCCCCCC(c1ccc([N+](=O)[O-])cc1)C(OCC)(OCC)OCC. The van der Waals surface area contributed by atoms with Gasteiger partial charge in [0.05, 0.1) is 10.8 Å². The molecule has 6 heteroatoms. The monoisotopic (exact) mass is 395 g/mol. The third-order valence-electron chi connectivity index (χ3n) is 4.82. The second-order valence-corrected chi connectivity index (χ2v) is 6.86. The summed E-state index contributed by atoms with van der Waals surface area (Å²) in [5.74, 6) is -1.32. The Kier molecular flexibility index (Phi) is 12.0. The standard InChI is InChI=1S/C22H37NO5/c1-5-9-10-11-12-13-14-21(19-15-17-20(18-16-19)23(24)25)22(26-6-2,27-7-3)28-8-4/h15-18,21H,5-14H2,1-4H3. The molecule has 0 aliphatic rings. The molecule has 0 spiro atoms. The second kappa shape index (κ2) is 13.6. The minimum Gasteiger partial charge on any atom is -0.327 e. The second-order valence-electron chi connectivity index (χ2n) is 6.86. The Morgan fingerprint density at radius 2 is 1.36 bits per heavy atom. The molecule has 28 heavy (non-hydrogen) atoms. The number of unbranched alkanes of at least 4 members (excludes halogenated alkanes) is 5. The molecule has 0 radical (unpaired) electrons. The van der Waals surface area contributed by atoms with Gasteiger partial charge in [0.15, 0.2) is 0 Å². The Balaban J connectivity index is 3.07. The molecule has 1 atom stereocenters. The summed E-state index contributed by atoms with van der Waals surface area (Å²) in [7, 11) is 0. The van der Waals surface area contributed by atoms with Crippen LogP contribution in [0.4, 0.5) is 5.69 Å². The number of hydrogen-bond acceptors (Lipinski definition) is 5. The van der Waals surface area contributed by atoms with Crippen molar-refractivity contribution < 1.29 is 19.1 Å². The summed E-state index contributed by atoms with van der Waals surface area (Å²) in [6.45, 7) is 9.35. The first-order valence-corrected chi connectivity index (χ1v) is 10.7. The quantitative estimate of drug-likeness (QED) is 0.144. The molecule has 1 aromatic rings. The molecule has 0 heterocycles. The van der Waals surface area contributed by atoms with Crippen LogP contribution in [-0.2, 0) is 14.2 Å². The average molecular weight is 396 g/mol. The van der Waals surface area contributed by atoms with Gasteiger partial charge in [-0.15, -0.1) is 0 Å². The summed E-state index contributed by atoms with van der Waals surface area (Å²) in [5.41, 5.74) is 1.02. The van der Waals surface area contributed by atoms with Crippen LogP contribution in [0.25, 0.3) is 0 Å². The number of benzene rings is 1. The fourth-order valence-electron chi connectivity index (χ4n) is 3.54. The molecule has 0 N–H and O–H groups in total.